The highest BCUT2D eigenvalue weighted by Crippen LogP contribution is 2.19. The third kappa shape index (κ3) is 1.89. The number of hydrogen-bond donors (Lipinski definition) is 1. The van der Waals surface area contributed by atoms with Crippen LogP contribution in [0.5, 0.6) is 0 Å². The van der Waals surface area contributed by atoms with E-state index in [1.54, 1.807) is 18.3 Å². The number of aromatic carboxylic acids is 1. The number of nitrogens with zero attached hydrogens (tertiary/aromatic N) is 3. The molecule has 15 heavy (non-hydrogen) atoms. The van der Waals surface area contributed by atoms with Gasteiger partial charge in [-0.25, -0.2) is 9.48 Å². The maximum absolute atomic E-state index is 11.0. The molecule has 0 saturated heterocycles. The normalized spacial score (nSPS) is 10.2. The van der Waals surface area contributed by atoms with Gasteiger partial charge < -0.3 is 5.11 Å². The van der Waals surface area contributed by atoms with E-state index in [4.69, 9.17) is 5.11 Å². The van der Waals surface area contributed by atoms with Crippen LogP contribution in [0.2, 0.25) is 0 Å². The largest absolute Gasteiger partial charge is 0.478 e. The van der Waals surface area contributed by atoms with Gasteiger partial charge in [0.25, 0.3) is 0 Å². The van der Waals surface area contributed by atoms with Crippen molar-refractivity contribution in [3.8, 4) is 5.69 Å². The fraction of sp³-hybridized carbons (Fsp3) is 0. The SMILES string of the molecule is O=C(O)c1cc(Br)ccc1-n1ccnn1. The van der Waals surface area contributed by atoms with Crippen molar-refractivity contribution in [3.63, 3.8) is 0 Å². The molecular weight excluding hydrogens is 262 g/mol. The Balaban J connectivity index is 2.61. The van der Waals surface area contributed by atoms with Crippen LogP contribution in [-0.2, 0) is 0 Å². The lowest BCUT2D eigenvalue weighted by atomic mass is 10.2. The van der Waals surface area contributed by atoms with E-state index in [0.717, 1.165) is 0 Å². The second kappa shape index (κ2) is 3.82. The van der Waals surface area contributed by atoms with Crippen LogP contribution in [0.1, 0.15) is 10.4 Å². The summed E-state index contributed by atoms with van der Waals surface area (Å²) < 4.78 is 2.12. The Morgan fingerprint density at radius 1 is 1.47 bits per heavy atom. The van der Waals surface area contributed by atoms with Gasteiger partial charge in [0, 0.05) is 4.47 Å². The monoisotopic (exact) mass is 267 g/mol. The molecule has 1 N–H and O–H groups in total. The first-order valence-corrected chi connectivity index (χ1v) is 4.87. The Morgan fingerprint density at radius 3 is 2.87 bits per heavy atom. The highest BCUT2D eigenvalue weighted by Gasteiger charge is 2.12. The zero-order valence-corrected chi connectivity index (χ0v) is 9.05. The molecule has 0 spiro atoms. The van der Waals surface area contributed by atoms with Crippen LogP contribution in [0.4, 0.5) is 0 Å². The van der Waals surface area contributed by atoms with E-state index >= 15 is 0 Å². The van der Waals surface area contributed by atoms with E-state index in [1.807, 2.05) is 0 Å². The lowest BCUT2D eigenvalue weighted by molar-refractivity contribution is 0.0696. The minimum absolute atomic E-state index is 0.176. The molecule has 0 aliphatic rings. The number of hydrogen-bond acceptors (Lipinski definition) is 3. The van der Waals surface area contributed by atoms with E-state index in [0.29, 0.717) is 10.2 Å². The summed E-state index contributed by atoms with van der Waals surface area (Å²) in [6.07, 6.45) is 3.09. The number of rotatable bonds is 2. The summed E-state index contributed by atoms with van der Waals surface area (Å²) in [5, 5.41) is 16.4. The summed E-state index contributed by atoms with van der Waals surface area (Å²) in [7, 11) is 0. The number of benzene rings is 1. The average Bonchev–Trinajstić information content (AvgIpc) is 2.70. The Kier molecular flexibility index (Phi) is 2.51. The van der Waals surface area contributed by atoms with Crippen molar-refractivity contribution < 1.29 is 9.90 Å². The van der Waals surface area contributed by atoms with Crippen molar-refractivity contribution in [3.05, 3.63) is 40.6 Å². The highest BCUT2D eigenvalue weighted by atomic mass is 79.9. The van der Waals surface area contributed by atoms with E-state index in [2.05, 4.69) is 26.2 Å². The van der Waals surface area contributed by atoms with Crippen molar-refractivity contribution >= 4 is 21.9 Å². The minimum atomic E-state index is -0.998. The first-order valence-electron chi connectivity index (χ1n) is 4.08. The van der Waals surface area contributed by atoms with E-state index < -0.39 is 5.97 Å². The maximum Gasteiger partial charge on any atom is 0.337 e. The van der Waals surface area contributed by atoms with Gasteiger partial charge in [0.1, 0.15) is 0 Å². The quantitative estimate of drug-likeness (QED) is 0.900. The summed E-state index contributed by atoms with van der Waals surface area (Å²) in [6.45, 7) is 0. The molecule has 0 aliphatic heterocycles. The lowest BCUT2D eigenvalue weighted by Gasteiger charge is -2.05. The number of carboxylic acids is 1. The third-order valence-corrected chi connectivity index (χ3v) is 2.35. The zero-order valence-electron chi connectivity index (χ0n) is 7.46. The van der Waals surface area contributed by atoms with Crippen LogP contribution in [0, 0.1) is 0 Å². The molecule has 1 aromatic carbocycles. The zero-order chi connectivity index (χ0) is 10.8. The molecule has 0 amide bonds. The smallest absolute Gasteiger partial charge is 0.337 e. The second-order valence-corrected chi connectivity index (χ2v) is 3.73. The summed E-state index contributed by atoms with van der Waals surface area (Å²) in [5.74, 6) is -0.998. The predicted molar refractivity (Wildman–Crippen MR) is 56.0 cm³/mol. The van der Waals surface area contributed by atoms with E-state index in [-0.39, 0.29) is 5.56 Å². The fourth-order valence-electron chi connectivity index (χ4n) is 1.22. The molecule has 0 saturated carbocycles. The van der Waals surface area contributed by atoms with Crippen LogP contribution >= 0.6 is 15.9 Å². The van der Waals surface area contributed by atoms with Gasteiger partial charge in [0.05, 0.1) is 23.6 Å². The molecule has 5 nitrogen and oxygen atoms in total. The number of carbonyl (C=O) groups is 1. The Morgan fingerprint density at radius 2 is 2.27 bits per heavy atom. The van der Waals surface area contributed by atoms with Crippen molar-refractivity contribution in [2.45, 2.75) is 0 Å². The van der Waals surface area contributed by atoms with Gasteiger partial charge in [0.15, 0.2) is 0 Å². The molecule has 0 radical (unpaired) electrons. The molecule has 1 aromatic heterocycles. The first-order chi connectivity index (χ1) is 7.18. The molecule has 0 aliphatic carbocycles. The summed E-state index contributed by atoms with van der Waals surface area (Å²) in [4.78, 5) is 11.0. The summed E-state index contributed by atoms with van der Waals surface area (Å²) in [6, 6.07) is 4.95. The van der Waals surface area contributed by atoms with Crippen molar-refractivity contribution in [2.24, 2.45) is 0 Å². The molecule has 0 atom stereocenters. The van der Waals surface area contributed by atoms with Gasteiger partial charge in [-0.05, 0) is 18.2 Å². The molecular formula is C9H6BrN3O2. The van der Waals surface area contributed by atoms with Crippen molar-refractivity contribution in [1.29, 1.82) is 0 Å². The van der Waals surface area contributed by atoms with Gasteiger partial charge in [-0.1, -0.05) is 21.1 Å². The molecule has 2 aromatic rings. The lowest BCUT2D eigenvalue weighted by Crippen LogP contribution is -2.06. The minimum Gasteiger partial charge on any atom is -0.478 e. The molecule has 76 valence electrons. The van der Waals surface area contributed by atoms with Crippen LogP contribution in [0.3, 0.4) is 0 Å². The number of aromatic nitrogens is 3. The van der Waals surface area contributed by atoms with Gasteiger partial charge in [0.2, 0.25) is 0 Å². The van der Waals surface area contributed by atoms with Crippen molar-refractivity contribution in [1.82, 2.24) is 15.0 Å². The Hall–Kier alpha value is -1.69. The standard InChI is InChI=1S/C9H6BrN3O2/c10-6-1-2-8(7(5-6)9(14)15)13-4-3-11-12-13/h1-5H,(H,14,15). The third-order valence-electron chi connectivity index (χ3n) is 1.86. The number of carboxylic acid groups (broad SMARTS) is 1. The topological polar surface area (TPSA) is 68.0 Å². The molecule has 6 heteroatoms. The van der Waals surface area contributed by atoms with Crippen molar-refractivity contribution in [2.75, 3.05) is 0 Å². The molecule has 0 unspecified atom stereocenters. The Labute approximate surface area is 93.5 Å². The fourth-order valence-corrected chi connectivity index (χ4v) is 1.58. The van der Waals surface area contributed by atoms with E-state index in [9.17, 15) is 4.79 Å². The molecule has 1 heterocycles. The van der Waals surface area contributed by atoms with Gasteiger partial charge in [-0.2, -0.15) is 0 Å². The average molecular weight is 268 g/mol. The molecule has 0 fully saturated rings. The summed E-state index contributed by atoms with van der Waals surface area (Å²) in [5.41, 5.74) is 0.665. The second-order valence-electron chi connectivity index (χ2n) is 2.81. The van der Waals surface area contributed by atoms with E-state index in [1.165, 1.54) is 16.9 Å². The highest BCUT2D eigenvalue weighted by molar-refractivity contribution is 9.10. The molecule has 2 rings (SSSR count). The summed E-state index contributed by atoms with van der Waals surface area (Å²) >= 11 is 3.22. The maximum atomic E-state index is 11.0. The van der Waals surface area contributed by atoms with Crippen LogP contribution in [0.15, 0.2) is 35.1 Å². The molecule has 0 bridgehead atoms. The van der Waals surface area contributed by atoms with Gasteiger partial charge in [-0.15, -0.1) is 5.10 Å². The predicted octanol–water partition coefficient (Wildman–Crippen LogP) is 1.73. The van der Waals surface area contributed by atoms with Crippen LogP contribution in [0.25, 0.3) is 5.69 Å². The first kappa shape index (κ1) is 9.85. The van der Waals surface area contributed by atoms with Crippen LogP contribution in [-0.4, -0.2) is 26.1 Å². The van der Waals surface area contributed by atoms with Gasteiger partial charge >= 0.3 is 5.97 Å². The van der Waals surface area contributed by atoms with Gasteiger partial charge in [-0.3, -0.25) is 0 Å². The Bertz CT molecular complexity index is 496. The van der Waals surface area contributed by atoms with Crippen LogP contribution < -0.4 is 0 Å². The number of halogens is 1.